The Morgan fingerprint density at radius 3 is 1.60 bits per heavy atom. The molecule has 0 amide bonds. The zero-order valence-electron chi connectivity index (χ0n) is 20.0. The third kappa shape index (κ3) is 6.68. The van der Waals surface area contributed by atoms with Crippen LogP contribution in [-0.4, -0.2) is 53.5 Å². The highest BCUT2D eigenvalue weighted by molar-refractivity contribution is 6.33. The van der Waals surface area contributed by atoms with Gasteiger partial charge in [0.15, 0.2) is 11.5 Å². The van der Waals surface area contributed by atoms with Crippen molar-refractivity contribution in [2.75, 3.05) is 35.5 Å². The molecule has 0 aromatic heterocycles. The summed E-state index contributed by atoms with van der Waals surface area (Å²) in [7, 11) is 6.59. The molecule has 0 aliphatic heterocycles. The van der Waals surface area contributed by atoms with E-state index in [4.69, 9.17) is 42.1 Å². The first-order valence-electron chi connectivity index (χ1n) is 10.4. The summed E-state index contributed by atoms with van der Waals surface area (Å²) in [6.07, 6.45) is 3.89. The number of allylic oxidation sites excluding steroid dienone is 1. The highest BCUT2D eigenvalue weighted by atomic mass is 35.5. The van der Waals surface area contributed by atoms with Crippen molar-refractivity contribution in [3.63, 3.8) is 0 Å². The summed E-state index contributed by atoms with van der Waals surface area (Å²) < 4.78 is 25.0. The monoisotopic (exact) mass is 524 g/mol. The van der Waals surface area contributed by atoms with Gasteiger partial charge in [0, 0.05) is 12.0 Å². The first-order valence-corrected chi connectivity index (χ1v) is 11.1. The number of methoxy groups -OCH3 is 5. The van der Waals surface area contributed by atoms with Gasteiger partial charge >= 0.3 is 17.9 Å². The predicted molar refractivity (Wildman–Crippen MR) is 131 cm³/mol. The standard InChI is InChI=1S/C25H26Cl2O8/c1-31-21(28)9-7-6-8-16(14-10-17(24(29)34-4)22(32-2)19(26)12-14)15-11-18(25(30)35-5)23(33-3)20(27)13-15/h7,9-13,16H,6,8H2,1-5H3/b9-7+. The zero-order chi connectivity index (χ0) is 26.1. The van der Waals surface area contributed by atoms with Gasteiger partial charge in [-0.25, -0.2) is 14.4 Å². The number of hydrogen-bond donors (Lipinski definition) is 0. The molecule has 0 saturated heterocycles. The molecule has 0 unspecified atom stereocenters. The van der Waals surface area contributed by atoms with Crippen molar-refractivity contribution in [3.05, 3.63) is 68.7 Å². The number of hydrogen-bond acceptors (Lipinski definition) is 8. The van der Waals surface area contributed by atoms with Crippen LogP contribution in [0.2, 0.25) is 10.0 Å². The molecule has 0 bridgehead atoms. The molecule has 2 aromatic rings. The van der Waals surface area contributed by atoms with Crippen LogP contribution in [0.25, 0.3) is 0 Å². The second-order valence-corrected chi connectivity index (χ2v) is 8.02. The Kier molecular flexibility index (Phi) is 10.4. The average Bonchev–Trinajstić information content (AvgIpc) is 2.86. The summed E-state index contributed by atoms with van der Waals surface area (Å²) in [5, 5.41) is 0.404. The first kappa shape index (κ1) is 28.0. The number of ether oxygens (including phenoxy) is 5. The maximum absolute atomic E-state index is 12.4. The van der Waals surface area contributed by atoms with Gasteiger partial charge in [0.25, 0.3) is 0 Å². The number of benzene rings is 2. The lowest BCUT2D eigenvalue weighted by Gasteiger charge is -2.22. The highest BCUT2D eigenvalue weighted by Crippen LogP contribution is 2.40. The van der Waals surface area contributed by atoms with Crippen molar-refractivity contribution in [3.8, 4) is 11.5 Å². The van der Waals surface area contributed by atoms with Crippen LogP contribution in [0.1, 0.15) is 50.6 Å². The molecule has 0 saturated carbocycles. The lowest BCUT2D eigenvalue weighted by molar-refractivity contribution is -0.134. The molecule has 35 heavy (non-hydrogen) atoms. The minimum Gasteiger partial charge on any atom is -0.494 e. The molecular formula is C25H26Cl2O8. The van der Waals surface area contributed by atoms with Crippen LogP contribution in [0.15, 0.2) is 36.4 Å². The Labute approximate surface area is 213 Å². The molecule has 0 spiro atoms. The van der Waals surface area contributed by atoms with Gasteiger partial charge in [0.05, 0.1) is 45.6 Å². The molecule has 10 heteroatoms. The van der Waals surface area contributed by atoms with E-state index in [0.29, 0.717) is 24.0 Å². The fourth-order valence-corrected chi connectivity index (χ4v) is 4.22. The van der Waals surface area contributed by atoms with E-state index in [9.17, 15) is 14.4 Å². The normalized spacial score (nSPS) is 10.9. The van der Waals surface area contributed by atoms with Crippen molar-refractivity contribution >= 4 is 41.1 Å². The van der Waals surface area contributed by atoms with Gasteiger partial charge in [0.2, 0.25) is 0 Å². The lowest BCUT2D eigenvalue weighted by atomic mass is 9.85. The molecule has 8 nitrogen and oxygen atoms in total. The number of carbonyl (C=O) groups excluding carboxylic acids is 3. The Balaban J connectivity index is 2.69. The van der Waals surface area contributed by atoms with Crippen LogP contribution in [0.5, 0.6) is 11.5 Å². The summed E-state index contributed by atoms with van der Waals surface area (Å²) in [5.74, 6) is -1.79. The van der Waals surface area contributed by atoms with Gasteiger partial charge in [-0.3, -0.25) is 0 Å². The molecule has 0 atom stereocenters. The molecular weight excluding hydrogens is 499 g/mol. The van der Waals surface area contributed by atoms with E-state index in [1.54, 1.807) is 30.3 Å². The highest BCUT2D eigenvalue weighted by Gasteiger charge is 2.25. The Morgan fingerprint density at radius 2 is 1.23 bits per heavy atom. The molecule has 0 heterocycles. The third-order valence-electron chi connectivity index (χ3n) is 5.23. The summed E-state index contributed by atoms with van der Waals surface area (Å²) in [5.41, 5.74) is 1.56. The minimum absolute atomic E-state index is 0.139. The fraction of sp³-hybridized carbons (Fsp3) is 0.320. The van der Waals surface area contributed by atoms with E-state index in [-0.39, 0.29) is 32.7 Å². The SMILES string of the molecule is COC(=O)/C=C/CCC(c1cc(Cl)c(OC)c(C(=O)OC)c1)c1cc(Cl)c(OC)c(C(=O)OC)c1. The van der Waals surface area contributed by atoms with Crippen LogP contribution in [0, 0.1) is 0 Å². The summed E-state index contributed by atoms with van der Waals surface area (Å²) in [4.78, 5) is 36.3. The van der Waals surface area contributed by atoms with E-state index in [1.807, 2.05) is 0 Å². The second kappa shape index (κ2) is 13.0. The van der Waals surface area contributed by atoms with Gasteiger partial charge in [-0.2, -0.15) is 0 Å². The first-order chi connectivity index (χ1) is 16.7. The molecule has 0 aliphatic rings. The summed E-state index contributed by atoms with van der Waals surface area (Å²) >= 11 is 12.9. The van der Waals surface area contributed by atoms with Crippen LogP contribution < -0.4 is 9.47 Å². The minimum atomic E-state index is -0.627. The average molecular weight is 525 g/mol. The molecule has 0 aliphatic carbocycles. The van der Waals surface area contributed by atoms with Gasteiger partial charge < -0.3 is 23.7 Å². The predicted octanol–water partition coefficient (Wildman–Crippen LogP) is 5.23. The van der Waals surface area contributed by atoms with Crippen LogP contribution in [-0.2, 0) is 19.0 Å². The number of halogens is 2. The Morgan fingerprint density at radius 1 is 0.771 bits per heavy atom. The molecule has 2 aromatic carbocycles. The van der Waals surface area contributed by atoms with Crippen molar-refractivity contribution in [1.82, 2.24) is 0 Å². The summed E-state index contributed by atoms with van der Waals surface area (Å²) in [6, 6.07) is 6.55. The number of rotatable bonds is 10. The maximum atomic E-state index is 12.4. The van der Waals surface area contributed by atoms with E-state index >= 15 is 0 Å². The van der Waals surface area contributed by atoms with Crippen LogP contribution >= 0.6 is 23.2 Å². The largest absolute Gasteiger partial charge is 0.494 e. The van der Waals surface area contributed by atoms with E-state index in [1.165, 1.54) is 41.6 Å². The quantitative estimate of drug-likeness (QED) is 0.237. The van der Waals surface area contributed by atoms with Crippen molar-refractivity contribution in [1.29, 1.82) is 0 Å². The second-order valence-electron chi connectivity index (χ2n) is 7.21. The van der Waals surface area contributed by atoms with E-state index in [2.05, 4.69) is 4.74 Å². The molecule has 2 rings (SSSR count). The van der Waals surface area contributed by atoms with Crippen molar-refractivity contribution in [2.45, 2.75) is 18.8 Å². The fourth-order valence-electron chi connectivity index (χ4n) is 3.61. The Bertz CT molecular complexity index is 1050. The maximum Gasteiger partial charge on any atom is 0.341 e. The number of esters is 3. The molecule has 0 radical (unpaired) electrons. The lowest BCUT2D eigenvalue weighted by Crippen LogP contribution is -2.10. The van der Waals surface area contributed by atoms with Crippen molar-refractivity contribution < 1.29 is 38.1 Å². The van der Waals surface area contributed by atoms with Crippen LogP contribution in [0.3, 0.4) is 0 Å². The van der Waals surface area contributed by atoms with E-state index < -0.39 is 23.8 Å². The topological polar surface area (TPSA) is 97.4 Å². The molecule has 0 N–H and O–H groups in total. The molecule has 188 valence electrons. The molecule has 0 fully saturated rings. The summed E-state index contributed by atoms with van der Waals surface area (Å²) in [6.45, 7) is 0. The van der Waals surface area contributed by atoms with E-state index in [0.717, 1.165) is 0 Å². The van der Waals surface area contributed by atoms with Crippen LogP contribution in [0.4, 0.5) is 0 Å². The van der Waals surface area contributed by atoms with Gasteiger partial charge in [0.1, 0.15) is 11.1 Å². The Hall–Kier alpha value is -3.23. The van der Waals surface area contributed by atoms with Gasteiger partial charge in [-0.15, -0.1) is 0 Å². The third-order valence-corrected chi connectivity index (χ3v) is 5.79. The zero-order valence-corrected chi connectivity index (χ0v) is 21.5. The van der Waals surface area contributed by atoms with Gasteiger partial charge in [-0.05, 0) is 48.2 Å². The number of carbonyl (C=O) groups is 3. The van der Waals surface area contributed by atoms with Crippen molar-refractivity contribution in [2.24, 2.45) is 0 Å². The van der Waals surface area contributed by atoms with Gasteiger partial charge in [-0.1, -0.05) is 29.3 Å². The smallest absolute Gasteiger partial charge is 0.341 e.